The van der Waals surface area contributed by atoms with E-state index in [0.717, 1.165) is 0 Å². The van der Waals surface area contributed by atoms with Crippen molar-refractivity contribution in [2.45, 2.75) is 25.8 Å². The number of hydrogen-bond acceptors (Lipinski definition) is 4. The Morgan fingerprint density at radius 1 is 1.18 bits per heavy atom. The third-order valence-corrected chi connectivity index (χ3v) is 3.00. The lowest BCUT2D eigenvalue weighted by Crippen LogP contribution is -2.49. The van der Waals surface area contributed by atoms with Crippen LogP contribution in [0.15, 0.2) is 30.3 Å². The van der Waals surface area contributed by atoms with E-state index in [-0.39, 0.29) is 30.6 Å². The van der Waals surface area contributed by atoms with Gasteiger partial charge in [0.15, 0.2) is 10.9 Å². The first-order chi connectivity index (χ1) is 10.5. The molecular weight excluding hydrogens is 302 g/mol. The monoisotopic (exact) mass is 323 g/mol. The second kappa shape index (κ2) is 9.86. The van der Waals surface area contributed by atoms with Crippen LogP contribution >= 0.6 is 12.2 Å². The fraction of sp³-hybridized carbons (Fsp3) is 0.400. The molecule has 0 fully saturated rings. The van der Waals surface area contributed by atoms with Gasteiger partial charge in [-0.2, -0.15) is 0 Å². The zero-order chi connectivity index (χ0) is 16.4. The lowest BCUT2D eigenvalue weighted by molar-refractivity contribution is -0.121. The molecule has 0 spiro atoms. The summed E-state index contributed by atoms with van der Waals surface area (Å²) in [6, 6.07) is 8.91. The summed E-state index contributed by atoms with van der Waals surface area (Å²) >= 11 is 5.02. The normalized spacial score (nSPS) is 11.4. The summed E-state index contributed by atoms with van der Waals surface area (Å²) in [7, 11) is 1.60. The summed E-state index contributed by atoms with van der Waals surface area (Å²) in [5.41, 5.74) is 5.65. The number of nitrogens with one attached hydrogen (secondary N) is 3. The molecule has 1 aromatic rings. The lowest BCUT2D eigenvalue weighted by atomic mass is 10.1. The quantitative estimate of drug-likeness (QED) is 0.397. The van der Waals surface area contributed by atoms with E-state index in [1.54, 1.807) is 31.4 Å². The molecule has 22 heavy (non-hydrogen) atoms. The van der Waals surface area contributed by atoms with E-state index in [1.165, 1.54) is 0 Å². The van der Waals surface area contributed by atoms with Gasteiger partial charge in [-0.05, 0) is 19.1 Å². The predicted molar refractivity (Wildman–Crippen MR) is 88.4 cm³/mol. The molecule has 0 heterocycles. The van der Waals surface area contributed by atoms with E-state index < -0.39 is 0 Å². The van der Waals surface area contributed by atoms with Crippen molar-refractivity contribution >= 4 is 29.0 Å². The summed E-state index contributed by atoms with van der Waals surface area (Å²) in [6.07, 6.45) is 0.245. The first-order valence-electron chi connectivity index (χ1n) is 6.95. The SMILES string of the molecule is COC[C@H](C)NC(=S)NNC(=O)CCC(=O)c1ccccc1. The molecule has 1 atom stereocenters. The topological polar surface area (TPSA) is 79.5 Å². The van der Waals surface area contributed by atoms with Crippen molar-refractivity contribution in [1.29, 1.82) is 0 Å². The van der Waals surface area contributed by atoms with E-state index in [0.29, 0.717) is 17.3 Å². The van der Waals surface area contributed by atoms with Crippen LogP contribution < -0.4 is 16.2 Å². The number of ketones is 1. The highest BCUT2D eigenvalue weighted by atomic mass is 32.1. The minimum atomic E-state index is -0.298. The number of thiocarbonyl (C=S) groups is 1. The van der Waals surface area contributed by atoms with Gasteiger partial charge in [0.05, 0.1) is 6.61 Å². The molecular formula is C15H21N3O3S. The minimum absolute atomic E-state index is 0.0292. The van der Waals surface area contributed by atoms with Crippen LogP contribution in [0.2, 0.25) is 0 Å². The van der Waals surface area contributed by atoms with Crippen LogP contribution in [0.25, 0.3) is 0 Å². The summed E-state index contributed by atoms with van der Waals surface area (Å²) in [5.74, 6) is -0.363. The largest absolute Gasteiger partial charge is 0.383 e. The third-order valence-electron chi connectivity index (χ3n) is 2.78. The van der Waals surface area contributed by atoms with Gasteiger partial charge in [0.25, 0.3) is 0 Å². The average Bonchev–Trinajstić information content (AvgIpc) is 2.51. The Kier molecular flexibility index (Phi) is 8.09. The Labute approximate surface area is 135 Å². The highest BCUT2D eigenvalue weighted by Gasteiger charge is 2.09. The first-order valence-corrected chi connectivity index (χ1v) is 7.36. The van der Waals surface area contributed by atoms with Crippen molar-refractivity contribution in [3.05, 3.63) is 35.9 Å². The van der Waals surface area contributed by atoms with E-state index in [4.69, 9.17) is 17.0 Å². The second-order valence-corrected chi connectivity index (χ2v) is 5.20. The van der Waals surface area contributed by atoms with Crippen molar-refractivity contribution in [2.24, 2.45) is 0 Å². The van der Waals surface area contributed by atoms with E-state index >= 15 is 0 Å². The summed E-state index contributed by atoms with van der Waals surface area (Å²) in [5, 5.41) is 3.24. The Morgan fingerprint density at radius 2 is 1.86 bits per heavy atom. The van der Waals surface area contributed by atoms with Crippen LogP contribution in [-0.4, -0.2) is 36.6 Å². The highest BCUT2D eigenvalue weighted by molar-refractivity contribution is 7.80. The molecule has 6 nitrogen and oxygen atoms in total. The highest BCUT2D eigenvalue weighted by Crippen LogP contribution is 2.04. The zero-order valence-electron chi connectivity index (χ0n) is 12.7. The summed E-state index contributed by atoms with van der Waals surface area (Å²) in [6.45, 7) is 2.40. The summed E-state index contributed by atoms with van der Waals surface area (Å²) < 4.78 is 4.96. The molecule has 0 aliphatic carbocycles. The van der Waals surface area contributed by atoms with Crippen molar-refractivity contribution in [3.8, 4) is 0 Å². The fourth-order valence-corrected chi connectivity index (χ4v) is 1.99. The van der Waals surface area contributed by atoms with Crippen molar-refractivity contribution in [2.75, 3.05) is 13.7 Å². The standard InChI is InChI=1S/C15H21N3O3S/c1-11(10-21-2)16-15(22)18-17-14(20)9-8-13(19)12-6-4-3-5-7-12/h3-7,11H,8-10H2,1-2H3,(H,17,20)(H2,16,18,22)/t11-/m0/s1. The first kappa shape index (κ1) is 18.1. The van der Waals surface area contributed by atoms with Gasteiger partial charge in [0, 0.05) is 31.6 Å². The molecule has 0 saturated carbocycles. The third kappa shape index (κ3) is 7.14. The van der Waals surface area contributed by atoms with Gasteiger partial charge in [-0.3, -0.25) is 20.4 Å². The van der Waals surface area contributed by atoms with Gasteiger partial charge in [0.1, 0.15) is 0 Å². The Hall–Kier alpha value is -1.99. The number of methoxy groups -OCH3 is 1. The fourth-order valence-electron chi connectivity index (χ4n) is 1.74. The molecule has 7 heteroatoms. The van der Waals surface area contributed by atoms with Gasteiger partial charge < -0.3 is 10.1 Å². The molecule has 1 aromatic carbocycles. The number of hydrogen-bond donors (Lipinski definition) is 3. The number of rotatable bonds is 7. The van der Waals surface area contributed by atoms with Gasteiger partial charge in [-0.15, -0.1) is 0 Å². The van der Waals surface area contributed by atoms with Crippen molar-refractivity contribution in [1.82, 2.24) is 16.2 Å². The molecule has 0 unspecified atom stereocenters. The minimum Gasteiger partial charge on any atom is -0.383 e. The molecule has 0 bridgehead atoms. The van der Waals surface area contributed by atoms with E-state index in [1.807, 2.05) is 13.0 Å². The second-order valence-electron chi connectivity index (χ2n) is 4.79. The number of amides is 1. The number of benzene rings is 1. The Bertz CT molecular complexity index is 508. The van der Waals surface area contributed by atoms with Gasteiger partial charge in [-0.25, -0.2) is 0 Å². The van der Waals surface area contributed by atoms with Crippen molar-refractivity contribution in [3.63, 3.8) is 0 Å². The predicted octanol–water partition coefficient (Wildman–Crippen LogP) is 1.18. The van der Waals surface area contributed by atoms with Crippen LogP contribution in [0.5, 0.6) is 0 Å². The molecule has 0 radical (unpaired) electrons. The molecule has 0 saturated heterocycles. The molecule has 0 aromatic heterocycles. The molecule has 0 aliphatic heterocycles. The van der Waals surface area contributed by atoms with Crippen molar-refractivity contribution < 1.29 is 14.3 Å². The van der Waals surface area contributed by atoms with Gasteiger partial charge in [-0.1, -0.05) is 30.3 Å². The maximum absolute atomic E-state index is 11.9. The van der Waals surface area contributed by atoms with Crippen LogP contribution in [0.1, 0.15) is 30.1 Å². The van der Waals surface area contributed by atoms with Gasteiger partial charge in [0.2, 0.25) is 5.91 Å². The molecule has 120 valence electrons. The van der Waals surface area contributed by atoms with E-state index in [9.17, 15) is 9.59 Å². The number of Topliss-reactive ketones (excluding diaryl/α,β-unsaturated/α-hetero) is 1. The summed E-state index contributed by atoms with van der Waals surface area (Å²) in [4.78, 5) is 23.5. The zero-order valence-corrected chi connectivity index (χ0v) is 13.5. The van der Waals surface area contributed by atoms with Gasteiger partial charge >= 0.3 is 0 Å². The van der Waals surface area contributed by atoms with E-state index in [2.05, 4.69) is 16.2 Å². The number of hydrazine groups is 1. The van der Waals surface area contributed by atoms with Crippen LogP contribution in [0, 0.1) is 0 Å². The molecule has 0 aliphatic rings. The smallest absolute Gasteiger partial charge is 0.238 e. The van der Waals surface area contributed by atoms with Crippen LogP contribution in [0.3, 0.4) is 0 Å². The molecule has 1 amide bonds. The van der Waals surface area contributed by atoms with Crippen LogP contribution in [0.4, 0.5) is 0 Å². The Balaban J connectivity index is 2.23. The average molecular weight is 323 g/mol. The maximum atomic E-state index is 11.9. The number of ether oxygens (including phenoxy) is 1. The maximum Gasteiger partial charge on any atom is 0.238 e. The molecule has 1 rings (SSSR count). The lowest BCUT2D eigenvalue weighted by Gasteiger charge is -2.16. The number of carbonyl (C=O) groups excluding carboxylic acids is 2. The Morgan fingerprint density at radius 3 is 2.50 bits per heavy atom. The molecule has 3 N–H and O–H groups in total. The number of carbonyl (C=O) groups is 2. The van der Waals surface area contributed by atoms with Crippen LogP contribution in [-0.2, 0) is 9.53 Å².